The molecule has 0 amide bonds. The van der Waals surface area contributed by atoms with Crippen LogP contribution >= 0.6 is 43.2 Å². The average Bonchev–Trinajstić information content (AvgIpc) is 2.73. The van der Waals surface area contributed by atoms with E-state index in [0.717, 1.165) is 20.2 Å². The van der Waals surface area contributed by atoms with E-state index in [1.807, 2.05) is 5.38 Å². The predicted octanol–water partition coefficient (Wildman–Crippen LogP) is 6.99. The third-order valence-electron chi connectivity index (χ3n) is 3.20. The molecular weight excluding hydrogens is 388 g/mol. The van der Waals surface area contributed by atoms with Crippen molar-refractivity contribution in [2.45, 2.75) is 64.7 Å². The minimum Gasteiger partial charge on any atom is -0.293 e. The molecule has 1 nitrogen and oxygen atoms in total. The highest BCUT2D eigenvalue weighted by atomic mass is 79.9. The van der Waals surface area contributed by atoms with Gasteiger partial charge in [0.15, 0.2) is 5.78 Å². The summed E-state index contributed by atoms with van der Waals surface area (Å²) in [5.41, 5.74) is 0. The molecule has 0 atom stereocenters. The third-order valence-corrected chi connectivity index (χ3v) is 6.77. The SMILES string of the molecule is CCCCCCCCCCC(=O)c1scc(Br)c1Br. The number of ketones is 1. The fraction of sp³-hybridized carbons (Fsp3) is 0.667. The number of unbranched alkanes of at least 4 members (excludes halogenated alkanes) is 7. The van der Waals surface area contributed by atoms with E-state index in [9.17, 15) is 4.79 Å². The van der Waals surface area contributed by atoms with Gasteiger partial charge in [-0.15, -0.1) is 11.3 Å². The molecule has 0 unspecified atom stereocenters. The van der Waals surface area contributed by atoms with Gasteiger partial charge in [0.25, 0.3) is 0 Å². The molecule has 0 aliphatic heterocycles. The number of hydrogen-bond acceptors (Lipinski definition) is 2. The molecule has 0 spiro atoms. The van der Waals surface area contributed by atoms with Gasteiger partial charge in [-0.1, -0.05) is 51.9 Å². The van der Waals surface area contributed by atoms with Crippen molar-refractivity contribution >= 4 is 49.0 Å². The molecule has 0 aliphatic rings. The van der Waals surface area contributed by atoms with Gasteiger partial charge in [0.2, 0.25) is 0 Å². The van der Waals surface area contributed by atoms with Crippen molar-refractivity contribution in [3.8, 4) is 0 Å². The Morgan fingerprint density at radius 1 is 1.05 bits per heavy atom. The molecule has 1 aromatic heterocycles. The smallest absolute Gasteiger partial charge is 0.173 e. The van der Waals surface area contributed by atoms with E-state index in [4.69, 9.17) is 0 Å². The summed E-state index contributed by atoms with van der Waals surface area (Å²) in [5.74, 6) is 0.272. The van der Waals surface area contributed by atoms with Crippen LogP contribution in [0.4, 0.5) is 0 Å². The first-order valence-corrected chi connectivity index (χ1v) is 9.59. The van der Waals surface area contributed by atoms with E-state index in [1.165, 1.54) is 56.3 Å². The molecule has 0 bridgehead atoms. The average molecular weight is 410 g/mol. The standard InChI is InChI=1S/C15H22Br2OS/c1-2-3-4-5-6-7-8-9-10-13(18)15-14(17)12(16)11-19-15/h11H,2-10H2,1H3. The summed E-state index contributed by atoms with van der Waals surface area (Å²) < 4.78 is 1.90. The van der Waals surface area contributed by atoms with Crippen LogP contribution in [0.15, 0.2) is 14.3 Å². The van der Waals surface area contributed by atoms with Crippen molar-refractivity contribution in [1.82, 2.24) is 0 Å². The van der Waals surface area contributed by atoms with Crippen molar-refractivity contribution in [1.29, 1.82) is 0 Å². The molecule has 0 aliphatic carbocycles. The molecule has 1 heterocycles. The Balaban J connectivity index is 2.10. The van der Waals surface area contributed by atoms with Gasteiger partial charge in [0, 0.05) is 16.3 Å². The van der Waals surface area contributed by atoms with Gasteiger partial charge in [0.1, 0.15) is 0 Å². The van der Waals surface area contributed by atoms with Crippen molar-refractivity contribution < 1.29 is 4.79 Å². The van der Waals surface area contributed by atoms with Gasteiger partial charge in [-0.2, -0.15) is 0 Å². The molecule has 0 saturated carbocycles. The largest absolute Gasteiger partial charge is 0.293 e. The number of halogens is 2. The van der Waals surface area contributed by atoms with Crippen molar-refractivity contribution in [3.63, 3.8) is 0 Å². The first-order valence-electron chi connectivity index (χ1n) is 7.12. The fourth-order valence-corrected chi connectivity index (χ4v) is 4.21. The summed E-state index contributed by atoms with van der Waals surface area (Å²) in [7, 11) is 0. The van der Waals surface area contributed by atoms with E-state index >= 15 is 0 Å². The zero-order valence-electron chi connectivity index (χ0n) is 11.5. The molecule has 4 heteroatoms. The Morgan fingerprint density at radius 2 is 1.63 bits per heavy atom. The van der Waals surface area contributed by atoms with Gasteiger partial charge in [-0.25, -0.2) is 0 Å². The summed E-state index contributed by atoms with van der Waals surface area (Å²) >= 11 is 8.39. The predicted molar refractivity (Wildman–Crippen MR) is 91.3 cm³/mol. The van der Waals surface area contributed by atoms with E-state index < -0.39 is 0 Å². The molecule has 19 heavy (non-hydrogen) atoms. The Labute approximate surface area is 137 Å². The van der Waals surface area contributed by atoms with E-state index in [-0.39, 0.29) is 5.78 Å². The van der Waals surface area contributed by atoms with Crippen LogP contribution in [0.25, 0.3) is 0 Å². The number of carbonyl (C=O) groups is 1. The van der Waals surface area contributed by atoms with Crippen LogP contribution < -0.4 is 0 Å². The van der Waals surface area contributed by atoms with Gasteiger partial charge in [-0.3, -0.25) is 4.79 Å². The van der Waals surface area contributed by atoms with Gasteiger partial charge in [-0.05, 0) is 38.3 Å². The lowest BCUT2D eigenvalue weighted by molar-refractivity contribution is 0.0982. The zero-order chi connectivity index (χ0) is 14.1. The highest BCUT2D eigenvalue weighted by molar-refractivity contribution is 9.13. The lowest BCUT2D eigenvalue weighted by Gasteiger charge is -2.01. The Kier molecular flexibility index (Phi) is 9.25. The van der Waals surface area contributed by atoms with E-state index in [1.54, 1.807) is 0 Å². The Bertz CT molecular complexity index is 387. The van der Waals surface area contributed by atoms with Crippen molar-refractivity contribution in [3.05, 3.63) is 19.2 Å². The lowest BCUT2D eigenvalue weighted by atomic mass is 10.1. The third kappa shape index (κ3) is 6.54. The molecular formula is C15H22Br2OS. The maximum atomic E-state index is 12.0. The highest BCUT2D eigenvalue weighted by Gasteiger charge is 2.14. The maximum absolute atomic E-state index is 12.0. The highest BCUT2D eigenvalue weighted by Crippen LogP contribution is 2.33. The van der Waals surface area contributed by atoms with Crippen LogP contribution in [0.5, 0.6) is 0 Å². The number of hydrogen-bond donors (Lipinski definition) is 0. The van der Waals surface area contributed by atoms with Crippen LogP contribution in [-0.2, 0) is 0 Å². The van der Waals surface area contributed by atoms with Gasteiger partial charge < -0.3 is 0 Å². The summed E-state index contributed by atoms with van der Waals surface area (Å²) in [6, 6.07) is 0. The first kappa shape index (κ1) is 17.4. The van der Waals surface area contributed by atoms with Crippen LogP contribution in [0.2, 0.25) is 0 Å². The molecule has 1 rings (SSSR count). The molecule has 0 radical (unpaired) electrons. The Hall–Kier alpha value is 0.330. The summed E-state index contributed by atoms with van der Waals surface area (Å²) in [4.78, 5) is 12.9. The molecule has 0 aromatic carbocycles. The number of thiophene rings is 1. The summed E-state index contributed by atoms with van der Waals surface area (Å²) in [5, 5.41) is 1.96. The minimum absolute atomic E-state index is 0.272. The topological polar surface area (TPSA) is 17.1 Å². The fourth-order valence-electron chi connectivity index (χ4n) is 2.04. The van der Waals surface area contributed by atoms with Crippen molar-refractivity contribution in [2.75, 3.05) is 0 Å². The number of rotatable bonds is 10. The van der Waals surface area contributed by atoms with Gasteiger partial charge >= 0.3 is 0 Å². The normalized spacial score (nSPS) is 10.9. The van der Waals surface area contributed by atoms with Crippen molar-refractivity contribution in [2.24, 2.45) is 0 Å². The van der Waals surface area contributed by atoms with Crippen LogP contribution in [-0.4, -0.2) is 5.78 Å². The molecule has 108 valence electrons. The second-order valence-corrected chi connectivity index (χ2v) is 7.40. The van der Waals surface area contributed by atoms with E-state index in [2.05, 4.69) is 38.8 Å². The Morgan fingerprint density at radius 3 is 2.16 bits per heavy atom. The lowest BCUT2D eigenvalue weighted by Crippen LogP contribution is -1.96. The van der Waals surface area contributed by atoms with Crippen LogP contribution in [0.3, 0.4) is 0 Å². The summed E-state index contributed by atoms with van der Waals surface area (Å²) in [6.45, 7) is 2.24. The molecule has 0 N–H and O–H groups in total. The van der Waals surface area contributed by atoms with Crippen LogP contribution in [0, 0.1) is 0 Å². The van der Waals surface area contributed by atoms with E-state index in [0.29, 0.717) is 6.42 Å². The van der Waals surface area contributed by atoms with Gasteiger partial charge in [0.05, 0.1) is 9.35 Å². The second-order valence-electron chi connectivity index (χ2n) is 4.87. The monoisotopic (exact) mass is 408 g/mol. The number of Topliss-reactive ketones (excluding diaryl/α,β-unsaturated/α-hetero) is 1. The summed E-state index contributed by atoms with van der Waals surface area (Å²) in [6.07, 6.45) is 10.9. The molecule has 1 aromatic rings. The van der Waals surface area contributed by atoms with Crippen LogP contribution in [0.1, 0.15) is 74.4 Å². The first-order chi connectivity index (χ1) is 9.16. The second kappa shape index (κ2) is 10.1. The zero-order valence-corrected chi connectivity index (χ0v) is 15.5. The molecule has 0 saturated heterocycles. The quantitative estimate of drug-likeness (QED) is 0.300. The minimum atomic E-state index is 0.272. The maximum Gasteiger partial charge on any atom is 0.173 e. The number of carbonyl (C=O) groups excluding carboxylic acids is 1. The molecule has 0 fully saturated rings.